The van der Waals surface area contributed by atoms with E-state index in [9.17, 15) is 4.79 Å². The zero-order valence-electron chi connectivity index (χ0n) is 8.37. The van der Waals surface area contributed by atoms with E-state index in [1.54, 1.807) is 6.07 Å². The summed E-state index contributed by atoms with van der Waals surface area (Å²) in [4.78, 5) is 14.9. The van der Waals surface area contributed by atoms with Gasteiger partial charge in [0.1, 0.15) is 5.82 Å². The quantitative estimate of drug-likeness (QED) is 0.629. The summed E-state index contributed by atoms with van der Waals surface area (Å²) in [6.45, 7) is 0. The summed E-state index contributed by atoms with van der Waals surface area (Å²) in [5, 5.41) is 0.968. The van der Waals surface area contributed by atoms with E-state index >= 15 is 0 Å². The van der Waals surface area contributed by atoms with Gasteiger partial charge in [0.15, 0.2) is 0 Å². The Balaban J connectivity index is 2.76. The van der Waals surface area contributed by atoms with E-state index in [1.165, 1.54) is 6.20 Å². The molecule has 1 amide bonds. The van der Waals surface area contributed by atoms with Crippen LogP contribution in [0.15, 0.2) is 12.3 Å². The fourth-order valence-corrected chi connectivity index (χ4v) is 1.66. The molecular weight excluding hydrogens is 258 g/mol. The third-order valence-electron chi connectivity index (χ3n) is 2.12. The molecule has 1 heterocycles. The minimum Gasteiger partial charge on any atom is -0.383 e. The van der Waals surface area contributed by atoms with Crippen molar-refractivity contribution in [3.63, 3.8) is 0 Å². The third-order valence-corrected chi connectivity index (χ3v) is 2.68. The summed E-state index contributed by atoms with van der Waals surface area (Å²) in [5.41, 5.74) is 12.2. The molecule has 0 aliphatic rings. The van der Waals surface area contributed by atoms with Crippen molar-refractivity contribution in [3.8, 4) is 0 Å². The lowest BCUT2D eigenvalue weighted by Gasteiger charge is -2.05. The molecule has 0 aromatic carbocycles. The topological polar surface area (TPSA) is 82.0 Å². The van der Waals surface area contributed by atoms with Crippen molar-refractivity contribution in [1.29, 1.82) is 0 Å². The van der Waals surface area contributed by atoms with Gasteiger partial charge in [0.05, 0.1) is 5.56 Å². The van der Waals surface area contributed by atoms with E-state index in [0.717, 1.165) is 30.2 Å². The molecule has 82 valence electrons. The van der Waals surface area contributed by atoms with Crippen LogP contribution in [0.1, 0.15) is 28.8 Å². The maximum atomic E-state index is 10.9. The fourth-order valence-electron chi connectivity index (χ4n) is 1.27. The van der Waals surface area contributed by atoms with Crippen molar-refractivity contribution in [2.75, 3.05) is 11.1 Å². The lowest BCUT2D eigenvalue weighted by atomic mass is 10.1. The SMILES string of the molecule is NC(=O)c1cnc(N)c(CCCCBr)c1. The molecule has 0 saturated heterocycles. The van der Waals surface area contributed by atoms with E-state index in [1.807, 2.05) is 0 Å². The maximum Gasteiger partial charge on any atom is 0.250 e. The molecule has 0 fully saturated rings. The number of anilines is 1. The van der Waals surface area contributed by atoms with Gasteiger partial charge >= 0.3 is 0 Å². The molecule has 15 heavy (non-hydrogen) atoms. The molecule has 0 bridgehead atoms. The van der Waals surface area contributed by atoms with Crippen molar-refractivity contribution < 1.29 is 4.79 Å². The first-order valence-corrected chi connectivity index (χ1v) is 5.87. The summed E-state index contributed by atoms with van der Waals surface area (Å²) in [7, 11) is 0. The smallest absolute Gasteiger partial charge is 0.250 e. The van der Waals surface area contributed by atoms with Crippen molar-refractivity contribution in [2.45, 2.75) is 19.3 Å². The van der Waals surface area contributed by atoms with Crippen molar-refractivity contribution in [2.24, 2.45) is 5.73 Å². The van der Waals surface area contributed by atoms with Gasteiger partial charge < -0.3 is 11.5 Å². The Kier molecular flexibility index (Phi) is 4.55. The Bertz CT molecular complexity index is 355. The first-order valence-electron chi connectivity index (χ1n) is 4.75. The number of amides is 1. The predicted octanol–water partition coefficient (Wildman–Crippen LogP) is 1.48. The Morgan fingerprint density at radius 2 is 2.20 bits per heavy atom. The standard InChI is InChI=1S/C10H14BrN3O/c11-4-2-1-3-7-5-8(10(13)15)6-14-9(7)12/h5-6H,1-4H2,(H2,12,14)(H2,13,15). The van der Waals surface area contributed by atoms with E-state index in [-0.39, 0.29) is 0 Å². The molecule has 0 radical (unpaired) electrons. The molecule has 0 unspecified atom stereocenters. The molecule has 0 saturated carbocycles. The van der Waals surface area contributed by atoms with Crippen LogP contribution in [0.5, 0.6) is 0 Å². The van der Waals surface area contributed by atoms with Gasteiger partial charge in [0.25, 0.3) is 0 Å². The minimum absolute atomic E-state index is 0.415. The van der Waals surface area contributed by atoms with Crippen LogP contribution in [0.3, 0.4) is 0 Å². The number of nitrogen functional groups attached to an aromatic ring is 1. The van der Waals surface area contributed by atoms with Gasteiger partial charge in [-0.2, -0.15) is 0 Å². The largest absolute Gasteiger partial charge is 0.383 e. The Labute approximate surface area is 97.2 Å². The first-order chi connectivity index (χ1) is 7.15. The molecule has 0 aliphatic carbocycles. The van der Waals surface area contributed by atoms with Crippen LogP contribution in [0.4, 0.5) is 5.82 Å². The minimum atomic E-state index is -0.468. The van der Waals surface area contributed by atoms with Gasteiger partial charge in [0.2, 0.25) is 5.91 Å². The number of aromatic nitrogens is 1. The highest BCUT2D eigenvalue weighted by atomic mass is 79.9. The number of halogens is 1. The average molecular weight is 272 g/mol. The highest BCUT2D eigenvalue weighted by Gasteiger charge is 2.06. The van der Waals surface area contributed by atoms with Gasteiger partial charge in [-0.3, -0.25) is 4.79 Å². The van der Waals surface area contributed by atoms with Gasteiger partial charge in [0, 0.05) is 11.5 Å². The van der Waals surface area contributed by atoms with E-state index in [2.05, 4.69) is 20.9 Å². The second-order valence-corrected chi connectivity index (χ2v) is 4.07. The van der Waals surface area contributed by atoms with Crippen molar-refractivity contribution in [3.05, 3.63) is 23.4 Å². The van der Waals surface area contributed by atoms with Crippen molar-refractivity contribution in [1.82, 2.24) is 4.98 Å². The van der Waals surface area contributed by atoms with Crippen LogP contribution >= 0.6 is 15.9 Å². The molecule has 1 rings (SSSR count). The van der Waals surface area contributed by atoms with E-state index in [4.69, 9.17) is 11.5 Å². The number of nitrogens with two attached hydrogens (primary N) is 2. The van der Waals surface area contributed by atoms with Crippen LogP contribution < -0.4 is 11.5 Å². The number of aryl methyl sites for hydroxylation is 1. The third kappa shape index (κ3) is 3.51. The molecule has 4 N–H and O–H groups in total. The molecule has 1 aromatic heterocycles. The summed E-state index contributed by atoms with van der Waals surface area (Å²) in [6, 6.07) is 1.72. The number of hydrogen-bond donors (Lipinski definition) is 2. The van der Waals surface area contributed by atoms with E-state index in [0.29, 0.717) is 11.4 Å². The van der Waals surface area contributed by atoms with Crippen LogP contribution in [0.2, 0.25) is 0 Å². The number of nitrogens with zero attached hydrogens (tertiary/aromatic N) is 1. The van der Waals surface area contributed by atoms with Crippen molar-refractivity contribution >= 4 is 27.7 Å². The van der Waals surface area contributed by atoms with Gasteiger partial charge in [-0.15, -0.1) is 0 Å². The summed E-state index contributed by atoms with van der Waals surface area (Å²) < 4.78 is 0. The number of primary amides is 1. The van der Waals surface area contributed by atoms with Gasteiger partial charge in [-0.25, -0.2) is 4.98 Å². The molecule has 0 atom stereocenters. The number of carbonyl (C=O) groups excluding carboxylic acids is 1. The van der Waals surface area contributed by atoms with Crippen LogP contribution in [-0.2, 0) is 6.42 Å². The second kappa shape index (κ2) is 5.70. The van der Waals surface area contributed by atoms with E-state index < -0.39 is 5.91 Å². The number of carbonyl (C=O) groups is 1. The zero-order chi connectivity index (χ0) is 11.3. The fraction of sp³-hybridized carbons (Fsp3) is 0.400. The Hall–Kier alpha value is -1.10. The van der Waals surface area contributed by atoms with Crippen LogP contribution in [-0.4, -0.2) is 16.2 Å². The second-order valence-electron chi connectivity index (χ2n) is 3.28. The van der Waals surface area contributed by atoms with Gasteiger partial charge in [-0.05, 0) is 30.9 Å². The molecular formula is C10H14BrN3O. The number of hydrogen-bond acceptors (Lipinski definition) is 3. The molecule has 0 aliphatic heterocycles. The average Bonchev–Trinajstić information content (AvgIpc) is 2.20. The highest BCUT2D eigenvalue weighted by Crippen LogP contribution is 2.14. The molecule has 5 heteroatoms. The Morgan fingerprint density at radius 1 is 1.47 bits per heavy atom. The van der Waals surface area contributed by atoms with Gasteiger partial charge in [-0.1, -0.05) is 15.9 Å². The lowest BCUT2D eigenvalue weighted by molar-refractivity contribution is 0.1000. The summed E-state index contributed by atoms with van der Waals surface area (Å²) in [6.07, 6.45) is 4.32. The lowest BCUT2D eigenvalue weighted by Crippen LogP contribution is -2.12. The summed E-state index contributed by atoms with van der Waals surface area (Å²) in [5.74, 6) is 0.0128. The predicted molar refractivity (Wildman–Crippen MR) is 63.9 cm³/mol. The zero-order valence-corrected chi connectivity index (χ0v) is 9.96. The monoisotopic (exact) mass is 271 g/mol. The number of alkyl halides is 1. The normalized spacial score (nSPS) is 10.2. The first kappa shape index (κ1) is 12.0. The summed E-state index contributed by atoms with van der Waals surface area (Å²) >= 11 is 3.36. The van der Waals surface area contributed by atoms with Crippen LogP contribution in [0.25, 0.3) is 0 Å². The number of unbranched alkanes of at least 4 members (excludes halogenated alkanes) is 1. The highest BCUT2D eigenvalue weighted by molar-refractivity contribution is 9.09. The molecule has 1 aromatic rings. The molecule has 4 nitrogen and oxygen atoms in total. The number of rotatable bonds is 5. The Morgan fingerprint density at radius 3 is 2.80 bits per heavy atom. The molecule has 0 spiro atoms. The maximum absolute atomic E-state index is 10.9. The number of pyridine rings is 1. The van der Waals surface area contributed by atoms with Crippen LogP contribution in [0, 0.1) is 0 Å².